The fraction of sp³-hybridized carbons (Fsp3) is 0.286. The van der Waals surface area contributed by atoms with Crippen LogP contribution in [0, 0.1) is 6.92 Å². The number of anilines is 1. The van der Waals surface area contributed by atoms with E-state index in [0.717, 1.165) is 40.0 Å². The summed E-state index contributed by atoms with van der Waals surface area (Å²) in [5, 5.41) is 0. The molecule has 0 saturated carbocycles. The molecular weight excluding hydrogens is 290 g/mol. The number of benzene rings is 1. The standard InChI is InChI=1S/C14H16BrN3/c1-3-5-12-17-13(9(2)14(16)18-12)10-6-4-7-11(15)8-10/h4,6-8H,3,5H2,1-2H3,(H2,16,17,18). The molecule has 0 radical (unpaired) electrons. The molecule has 0 bridgehead atoms. The molecule has 1 aromatic carbocycles. The van der Waals surface area contributed by atoms with Crippen molar-refractivity contribution in [2.45, 2.75) is 26.7 Å². The molecule has 0 atom stereocenters. The Morgan fingerprint density at radius 1 is 1.28 bits per heavy atom. The average molecular weight is 306 g/mol. The maximum atomic E-state index is 5.96. The lowest BCUT2D eigenvalue weighted by molar-refractivity contribution is 0.836. The summed E-state index contributed by atoms with van der Waals surface area (Å²) in [6, 6.07) is 8.08. The highest BCUT2D eigenvalue weighted by Gasteiger charge is 2.10. The van der Waals surface area contributed by atoms with Gasteiger partial charge in [-0.1, -0.05) is 35.0 Å². The second kappa shape index (κ2) is 5.48. The van der Waals surface area contributed by atoms with E-state index in [4.69, 9.17) is 5.73 Å². The van der Waals surface area contributed by atoms with E-state index in [2.05, 4.69) is 32.8 Å². The molecule has 0 fully saturated rings. The number of hydrogen-bond donors (Lipinski definition) is 1. The van der Waals surface area contributed by atoms with E-state index in [1.807, 2.05) is 31.2 Å². The van der Waals surface area contributed by atoms with Gasteiger partial charge >= 0.3 is 0 Å². The van der Waals surface area contributed by atoms with Crippen molar-refractivity contribution in [2.75, 3.05) is 5.73 Å². The molecule has 0 aliphatic carbocycles. The monoisotopic (exact) mass is 305 g/mol. The zero-order valence-electron chi connectivity index (χ0n) is 10.6. The quantitative estimate of drug-likeness (QED) is 0.939. The van der Waals surface area contributed by atoms with Gasteiger partial charge in [-0.05, 0) is 25.5 Å². The number of aryl methyl sites for hydroxylation is 1. The first-order chi connectivity index (χ1) is 8.61. The predicted octanol–water partition coefficient (Wildman–Crippen LogP) is 3.75. The van der Waals surface area contributed by atoms with Crippen molar-refractivity contribution in [2.24, 2.45) is 0 Å². The van der Waals surface area contributed by atoms with Crippen LogP contribution in [0.2, 0.25) is 0 Å². The van der Waals surface area contributed by atoms with Gasteiger partial charge in [-0.2, -0.15) is 0 Å². The molecule has 0 saturated heterocycles. The van der Waals surface area contributed by atoms with Gasteiger partial charge < -0.3 is 5.73 Å². The van der Waals surface area contributed by atoms with Crippen LogP contribution in [0.1, 0.15) is 24.7 Å². The molecule has 18 heavy (non-hydrogen) atoms. The third-order valence-electron chi connectivity index (χ3n) is 2.80. The molecule has 0 unspecified atom stereocenters. The Kier molecular flexibility index (Phi) is 3.97. The van der Waals surface area contributed by atoms with Crippen molar-refractivity contribution in [3.05, 3.63) is 40.1 Å². The Morgan fingerprint density at radius 2 is 2.06 bits per heavy atom. The predicted molar refractivity (Wildman–Crippen MR) is 78.3 cm³/mol. The summed E-state index contributed by atoms with van der Waals surface area (Å²) in [6.07, 6.45) is 1.87. The highest BCUT2D eigenvalue weighted by molar-refractivity contribution is 9.10. The SMILES string of the molecule is CCCc1nc(N)c(C)c(-c2cccc(Br)c2)n1. The second-order valence-corrected chi connectivity index (χ2v) is 5.17. The Hall–Kier alpha value is -1.42. The highest BCUT2D eigenvalue weighted by atomic mass is 79.9. The topological polar surface area (TPSA) is 51.8 Å². The maximum absolute atomic E-state index is 5.96. The van der Waals surface area contributed by atoms with Gasteiger partial charge in [0.15, 0.2) is 0 Å². The minimum atomic E-state index is 0.573. The first-order valence-electron chi connectivity index (χ1n) is 6.00. The first kappa shape index (κ1) is 13.0. The smallest absolute Gasteiger partial charge is 0.131 e. The summed E-state index contributed by atoms with van der Waals surface area (Å²) in [5.74, 6) is 1.39. The van der Waals surface area contributed by atoms with Gasteiger partial charge in [0, 0.05) is 22.0 Å². The van der Waals surface area contributed by atoms with Crippen molar-refractivity contribution >= 4 is 21.7 Å². The molecule has 1 heterocycles. The van der Waals surface area contributed by atoms with Crippen molar-refractivity contribution in [3.8, 4) is 11.3 Å². The van der Waals surface area contributed by atoms with Crippen molar-refractivity contribution in [3.63, 3.8) is 0 Å². The number of aromatic nitrogens is 2. The van der Waals surface area contributed by atoms with E-state index < -0.39 is 0 Å². The van der Waals surface area contributed by atoms with Crippen molar-refractivity contribution in [1.29, 1.82) is 0 Å². The minimum Gasteiger partial charge on any atom is -0.383 e. The molecule has 0 amide bonds. The second-order valence-electron chi connectivity index (χ2n) is 4.26. The summed E-state index contributed by atoms with van der Waals surface area (Å²) >= 11 is 3.48. The number of nitrogen functional groups attached to an aromatic ring is 1. The number of nitrogens with zero attached hydrogens (tertiary/aromatic N) is 2. The molecule has 0 spiro atoms. The lowest BCUT2D eigenvalue weighted by Crippen LogP contribution is -2.04. The van der Waals surface area contributed by atoms with Crippen LogP contribution in [0.3, 0.4) is 0 Å². The number of hydrogen-bond acceptors (Lipinski definition) is 3. The summed E-state index contributed by atoms with van der Waals surface area (Å²) < 4.78 is 1.04. The minimum absolute atomic E-state index is 0.573. The van der Waals surface area contributed by atoms with Crippen molar-refractivity contribution < 1.29 is 0 Å². The molecular formula is C14H16BrN3. The number of nitrogens with two attached hydrogens (primary N) is 1. The van der Waals surface area contributed by atoms with Gasteiger partial charge in [-0.25, -0.2) is 9.97 Å². The van der Waals surface area contributed by atoms with Gasteiger partial charge in [-0.3, -0.25) is 0 Å². The Morgan fingerprint density at radius 3 is 2.72 bits per heavy atom. The van der Waals surface area contributed by atoms with Crippen LogP contribution >= 0.6 is 15.9 Å². The van der Waals surface area contributed by atoms with Gasteiger partial charge in [-0.15, -0.1) is 0 Å². The molecule has 2 aromatic rings. The maximum Gasteiger partial charge on any atom is 0.131 e. The highest BCUT2D eigenvalue weighted by Crippen LogP contribution is 2.26. The molecule has 1 aromatic heterocycles. The molecule has 0 aliphatic heterocycles. The molecule has 2 N–H and O–H groups in total. The van der Waals surface area contributed by atoms with E-state index in [-0.39, 0.29) is 0 Å². The molecule has 94 valence electrons. The molecule has 3 nitrogen and oxygen atoms in total. The van der Waals surface area contributed by atoms with Crippen LogP contribution in [-0.4, -0.2) is 9.97 Å². The van der Waals surface area contributed by atoms with E-state index in [1.54, 1.807) is 0 Å². The molecule has 4 heteroatoms. The summed E-state index contributed by atoms with van der Waals surface area (Å²) in [5.41, 5.74) is 8.89. The molecule has 2 rings (SSSR count). The van der Waals surface area contributed by atoms with Crippen molar-refractivity contribution in [1.82, 2.24) is 9.97 Å². The fourth-order valence-electron chi connectivity index (χ4n) is 1.83. The zero-order valence-corrected chi connectivity index (χ0v) is 12.2. The van der Waals surface area contributed by atoms with E-state index in [1.165, 1.54) is 0 Å². The zero-order chi connectivity index (χ0) is 13.1. The van der Waals surface area contributed by atoms with Gasteiger partial charge in [0.25, 0.3) is 0 Å². The summed E-state index contributed by atoms with van der Waals surface area (Å²) in [7, 11) is 0. The molecule has 0 aliphatic rings. The van der Waals surface area contributed by atoms with Gasteiger partial charge in [0.1, 0.15) is 11.6 Å². The number of rotatable bonds is 3. The fourth-order valence-corrected chi connectivity index (χ4v) is 2.23. The van der Waals surface area contributed by atoms with Crippen LogP contribution < -0.4 is 5.73 Å². The van der Waals surface area contributed by atoms with Crippen LogP contribution in [0.15, 0.2) is 28.7 Å². The van der Waals surface area contributed by atoms with E-state index >= 15 is 0 Å². The third kappa shape index (κ3) is 2.70. The van der Waals surface area contributed by atoms with Crippen LogP contribution in [0.25, 0.3) is 11.3 Å². The Bertz CT molecular complexity index is 567. The van der Waals surface area contributed by atoms with E-state index in [0.29, 0.717) is 5.82 Å². The average Bonchev–Trinajstić information content (AvgIpc) is 2.34. The summed E-state index contributed by atoms with van der Waals surface area (Å²) in [6.45, 7) is 4.07. The van der Waals surface area contributed by atoms with Gasteiger partial charge in [0.2, 0.25) is 0 Å². The Labute approximate surface area is 116 Å². The lowest BCUT2D eigenvalue weighted by atomic mass is 10.1. The number of halogens is 1. The largest absolute Gasteiger partial charge is 0.383 e. The Balaban J connectivity index is 2.55. The van der Waals surface area contributed by atoms with Crippen LogP contribution in [0.5, 0.6) is 0 Å². The van der Waals surface area contributed by atoms with E-state index in [9.17, 15) is 0 Å². The lowest BCUT2D eigenvalue weighted by Gasteiger charge is -2.10. The summed E-state index contributed by atoms with van der Waals surface area (Å²) in [4.78, 5) is 8.95. The van der Waals surface area contributed by atoms with Gasteiger partial charge in [0.05, 0.1) is 5.69 Å². The van der Waals surface area contributed by atoms with Crippen LogP contribution in [0.4, 0.5) is 5.82 Å². The third-order valence-corrected chi connectivity index (χ3v) is 3.29. The van der Waals surface area contributed by atoms with Crippen LogP contribution in [-0.2, 0) is 6.42 Å². The normalized spacial score (nSPS) is 10.6. The first-order valence-corrected chi connectivity index (χ1v) is 6.80.